The van der Waals surface area contributed by atoms with E-state index >= 15 is 0 Å². The molecular weight excluding hydrogens is 483 g/mol. The second-order valence-corrected chi connectivity index (χ2v) is 14.5. The van der Waals surface area contributed by atoms with Crippen molar-refractivity contribution in [2.24, 2.45) is 0 Å². The van der Waals surface area contributed by atoms with Gasteiger partial charge in [0.2, 0.25) is 0 Å². The van der Waals surface area contributed by atoms with Gasteiger partial charge in [0.05, 0.1) is 10.0 Å². The fraction of sp³-hybridized carbons (Fsp3) is 0.455. The summed E-state index contributed by atoms with van der Waals surface area (Å²) in [5, 5.41) is 0. The lowest BCUT2D eigenvalue weighted by Gasteiger charge is -2.42. The Morgan fingerprint density at radius 1 is 0.800 bits per heavy atom. The highest BCUT2D eigenvalue weighted by Crippen LogP contribution is 2.44. The SMILES string of the molecule is CC(C)[Si](Oc1ccc(-c2cc(F)c(Br)c(F)c2C(F)F)c(F)c1)(C(C)C)C(C)C. The molecule has 1 nitrogen and oxygen atoms in total. The second kappa shape index (κ2) is 9.38. The van der Waals surface area contributed by atoms with Gasteiger partial charge in [-0.25, -0.2) is 22.0 Å². The van der Waals surface area contributed by atoms with E-state index in [1.807, 2.05) is 0 Å². The zero-order valence-corrected chi connectivity index (χ0v) is 20.4. The highest BCUT2D eigenvalue weighted by Gasteiger charge is 2.47. The van der Waals surface area contributed by atoms with Crippen molar-refractivity contribution >= 4 is 24.2 Å². The van der Waals surface area contributed by atoms with Crippen LogP contribution in [0.15, 0.2) is 28.7 Å². The van der Waals surface area contributed by atoms with Crippen molar-refractivity contribution in [3.05, 3.63) is 51.8 Å². The number of alkyl halides is 2. The maximum atomic E-state index is 15.0. The number of benzene rings is 2. The van der Waals surface area contributed by atoms with Crippen LogP contribution in [0, 0.1) is 17.5 Å². The zero-order chi connectivity index (χ0) is 23.0. The van der Waals surface area contributed by atoms with Gasteiger partial charge < -0.3 is 4.43 Å². The van der Waals surface area contributed by atoms with Crippen LogP contribution in [0.1, 0.15) is 53.5 Å². The summed E-state index contributed by atoms with van der Waals surface area (Å²) in [6.07, 6.45) is -3.24. The van der Waals surface area contributed by atoms with Gasteiger partial charge in [-0.05, 0) is 56.3 Å². The maximum absolute atomic E-state index is 15.0. The van der Waals surface area contributed by atoms with Crippen molar-refractivity contribution in [1.82, 2.24) is 0 Å². The van der Waals surface area contributed by atoms with Crippen LogP contribution in [0.5, 0.6) is 5.75 Å². The average Bonchev–Trinajstić information content (AvgIpc) is 2.62. The first kappa shape index (κ1) is 24.9. The van der Waals surface area contributed by atoms with E-state index in [0.717, 1.165) is 6.07 Å². The monoisotopic (exact) mass is 508 g/mol. The lowest BCUT2D eigenvalue weighted by atomic mass is 9.98. The third kappa shape index (κ3) is 4.44. The Balaban J connectivity index is 2.59. The van der Waals surface area contributed by atoms with E-state index < -0.39 is 47.8 Å². The first-order valence-electron chi connectivity index (χ1n) is 9.78. The summed E-state index contributed by atoms with van der Waals surface area (Å²) in [4.78, 5) is 0. The highest BCUT2D eigenvalue weighted by molar-refractivity contribution is 9.10. The largest absolute Gasteiger partial charge is 0.543 e. The molecule has 0 spiro atoms. The van der Waals surface area contributed by atoms with Gasteiger partial charge in [0.1, 0.15) is 23.2 Å². The zero-order valence-electron chi connectivity index (χ0n) is 17.8. The van der Waals surface area contributed by atoms with Crippen LogP contribution in [0.4, 0.5) is 22.0 Å². The molecule has 0 saturated carbocycles. The van der Waals surface area contributed by atoms with E-state index in [0.29, 0.717) is 6.07 Å². The summed E-state index contributed by atoms with van der Waals surface area (Å²) in [7, 11) is -2.36. The Morgan fingerprint density at radius 2 is 1.33 bits per heavy atom. The molecular formula is C22H26BrF5OSi. The summed E-state index contributed by atoms with van der Waals surface area (Å²) >= 11 is 2.62. The molecule has 0 aromatic heterocycles. The molecule has 0 heterocycles. The van der Waals surface area contributed by atoms with E-state index in [-0.39, 0.29) is 27.9 Å². The molecule has 0 fully saturated rings. The first-order chi connectivity index (χ1) is 13.8. The van der Waals surface area contributed by atoms with Crippen molar-refractivity contribution in [3.63, 3.8) is 0 Å². The fourth-order valence-corrected chi connectivity index (χ4v) is 9.95. The van der Waals surface area contributed by atoms with Gasteiger partial charge in [-0.1, -0.05) is 41.5 Å². The molecule has 0 saturated heterocycles. The molecule has 166 valence electrons. The van der Waals surface area contributed by atoms with Crippen molar-refractivity contribution in [2.45, 2.75) is 64.6 Å². The van der Waals surface area contributed by atoms with Crippen LogP contribution in [0.25, 0.3) is 11.1 Å². The average molecular weight is 509 g/mol. The molecule has 2 aromatic carbocycles. The van der Waals surface area contributed by atoms with Gasteiger partial charge in [0.15, 0.2) is 0 Å². The maximum Gasteiger partial charge on any atom is 0.267 e. The summed E-state index contributed by atoms with van der Waals surface area (Å²) in [6, 6.07) is 4.53. The van der Waals surface area contributed by atoms with Crippen LogP contribution in [0.3, 0.4) is 0 Å². The molecule has 30 heavy (non-hydrogen) atoms. The predicted molar refractivity (Wildman–Crippen MR) is 116 cm³/mol. The number of halogens is 6. The molecule has 8 heteroatoms. The molecule has 2 rings (SSSR count). The second-order valence-electron chi connectivity index (χ2n) is 8.31. The quantitative estimate of drug-likeness (QED) is 0.206. The molecule has 0 amide bonds. The summed E-state index contributed by atoms with van der Waals surface area (Å²) in [5.74, 6) is -3.12. The number of hydrogen-bond donors (Lipinski definition) is 0. The Bertz CT molecular complexity index is 893. The third-order valence-electron chi connectivity index (χ3n) is 5.65. The Kier molecular flexibility index (Phi) is 7.77. The predicted octanol–water partition coefficient (Wildman–Crippen LogP) is 9.03. The van der Waals surface area contributed by atoms with E-state index in [1.165, 1.54) is 12.1 Å². The van der Waals surface area contributed by atoms with E-state index in [9.17, 15) is 22.0 Å². The minimum atomic E-state index is -3.24. The Labute approximate surface area is 183 Å². The van der Waals surface area contributed by atoms with Crippen molar-refractivity contribution in [1.29, 1.82) is 0 Å². The van der Waals surface area contributed by atoms with Crippen LogP contribution >= 0.6 is 15.9 Å². The minimum absolute atomic E-state index is 0.250. The summed E-state index contributed by atoms with van der Waals surface area (Å²) < 4.78 is 75.8. The summed E-state index contributed by atoms with van der Waals surface area (Å²) in [5.41, 5.74) is -1.13. The van der Waals surface area contributed by atoms with Crippen LogP contribution in [-0.2, 0) is 0 Å². The van der Waals surface area contributed by atoms with Crippen molar-refractivity contribution in [3.8, 4) is 16.9 Å². The fourth-order valence-electron chi connectivity index (χ4n) is 4.38. The van der Waals surface area contributed by atoms with Crippen molar-refractivity contribution < 1.29 is 26.4 Å². The van der Waals surface area contributed by atoms with Gasteiger partial charge >= 0.3 is 0 Å². The Hall–Kier alpha value is -1.41. The van der Waals surface area contributed by atoms with Crippen LogP contribution in [-0.4, -0.2) is 8.32 Å². The van der Waals surface area contributed by atoms with E-state index in [2.05, 4.69) is 57.5 Å². The Morgan fingerprint density at radius 3 is 1.77 bits per heavy atom. The van der Waals surface area contributed by atoms with E-state index in [4.69, 9.17) is 4.43 Å². The smallest absolute Gasteiger partial charge is 0.267 e. The van der Waals surface area contributed by atoms with Crippen LogP contribution in [0.2, 0.25) is 16.6 Å². The van der Waals surface area contributed by atoms with Gasteiger partial charge in [0, 0.05) is 11.6 Å². The van der Waals surface area contributed by atoms with E-state index in [1.54, 1.807) is 0 Å². The minimum Gasteiger partial charge on any atom is -0.543 e. The number of hydrogen-bond acceptors (Lipinski definition) is 1. The van der Waals surface area contributed by atoms with Gasteiger partial charge in [-0.15, -0.1) is 0 Å². The standard InChI is InChI=1S/C22H26BrF5OSi/c1-11(2)30(12(3)4,13(5)6)29-14-7-8-15(17(24)9-14)16-10-18(25)20(23)21(26)19(16)22(27)28/h7-13,22H,1-6H3. The van der Waals surface area contributed by atoms with Crippen LogP contribution < -0.4 is 4.43 Å². The lowest BCUT2D eigenvalue weighted by molar-refractivity contribution is 0.146. The molecule has 0 radical (unpaired) electrons. The molecule has 0 aliphatic heterocycles. The van der Waals surface area contributed by atoms with Crippen molar-refractivity contribution in [2.75, 3.05) is 0 Å². The molecule has 0 bridgehead atoms. The van der Waals surface area contributed by atoms with Gasteiger partial charge in [-0.3, -0.25) is 0 Å². The highest BCUT2D eigenvalue weighted by atomic mass is 79.9. The third-order valence-corrected chi connectivity index (χ3v) is 12.4. The normalized spacial score (nSPS) is 12.5. The molecule has 0 unspecified atom stereocenters. The van der Waals surface area contributed by atoms with Gasteiger partial charge in [0.25, 0.3) is 14.7 Å². The molecule has 0 atom stereocenters. The molecule has 0 N–H and O–H groups in total. The molecule has 0 aliphatic rings. The van der Waals surface area contributed by atoms with Gasteiger partial charge in [-0.2, -0.15) is 0 Å². The lowest BCUT2D eigenvalue weighted by Crippen LogP contribution is -2.50. The topological polar surface area (TPSA) is 9.23 Å². The first-order valence-corrected chi connectivity index (χ1v) is 12.7. The molecule has 2 aromatic rings. The molecule has 0 aliphatic carbocycles. The number of rotatable bonds is 7. The summed E-state index contributed by atoms with van der Waals surface area (Å²) in [6.45, 7) is 12.5.